The molecule has 2 aromatic heterocycles. The quantitative estimate of drug-likeness (QED) is 0.861. The molecule has 118 valence electrons. The summed E-state index contributed by atoms with van der Waals surface area (Å²) in [4.78, 5) is 18.7. The van der Waals surface area contributed by atoms with Crippen LogP contribution in [0.5, 0.6) is 0 Å². The van der Waals surface area contributed by atoms with Crippen molar-refractivity contribution in [3.05, 3.63) is 28.7 Å². The second-order valence-electron chi connectivity index (χ2n) is 5.72. The Hall–Kier alpha value is -2.18. The average Bonchev–Trinajstić information content (AvgIpc) is 3.18. The van der Waals surface area contributed by atoms with E-state index in [0.717, 1.165) is 36.4 Å². The molecule has 1 aliphatic heterocycles. The first-order valence-corrected chi connectivity index (χ1v) is 7.57. The van der Waals surface area contributed by atoms with Gasteiger partial charge in [0.25, 0.3) is 0 Å². The fraction of sp³-hybridized carbons (Fsp3) is 0.600. The van der Waals surface area contributed by atoms with E-state index in [1.807, 2.05) is 18.7 Å². The lowest BCUT2D eigenvalue weighted by atomic mass is 10.1. The molecule has 3 rings (SSSR count). The van der Waals surface area contributed by atoms with Gasteiger partial charge in [0.05, 0.1) is 11.7 Å². The normalized spacial score (nSPS) is 18.1. The Morgan fingerprint density at radius 3 is 2.73 bits per heavy atom. The van der Waals surface area contributed by atoms with Gasteiger partial charge in [-0.1, -0.05) is 10.3 Å². The zero-order valence-electron chi connectivity index (χ0n) is 13.1. The van der Waals surface area contributed by atoms with Gasteiger partial charge in [-0.2, -0.15) is 4.98 Å². The SMILES string of the molecule is Cc1nc([C@@H]2CCCN2C(=O)CCc2c(C)noc2C)no1. The number of hydrogen-bond acceptors (Lipinski definition) is 6. The largest absolute Gasteiger partial charge is 0.361 e. The van der Waals surface area contributed by atoms with Gasteiger partial charge >= 0.3 is 0 Å². The Morgan fingerprint density at radius 2 is 2.09 bits per heavy atom. The third-order valence-corrected chi connectivity index (χ3v) is 4.18. The number of likely N-dealkylation sites (tertiary alicyclic amines) is 1. The Bertz CT molecular complexity index is 657. The van der Waals surface area contributed by atoms with E-state index in [9.17, 15) is 4.79 Å². The van der Waals surface area contributed by atoms with Crippen LogP contribution in [-0.4, -0.2) is 32.6 Å². The second kappa shape index (κ2) is 5.90. The number of rotatable bonds is 4. The van der Waals surface area contributed by atoms with E-state index in [4.69, 9.17) is 9.05 Å². The molecule has 0 saturated carbocycles. The van der Waals surface area contributed by atoms with Crippen molar-refractivity contribution >= 4 is 5.91 Å². The van der Waals surface area contributed by atoms with Gasteiger partial charge in [-0.25, -0.2) is 0 Å². The van der Waals surface area contributed by atoms with Gasteiger partial charge < -0.3 is 13.9 Å². The summed E-state index contributed by atoms with van der Waals surface area (Å²) in [7, 11) is 0. The molecule has 22 heavy (non-hydrogen) atoms. The van der Waals surface area contributed by atoms with Gasteiger partial charge in [-0.15, -0.1) is 0 Å². The van der Waals surface area contributed by atoms with Crippen molar-refractivity contribution in [2.75, 3.05) is 6.54 Å². The lowest BCUT2D eigenvalue weighted by Gasteiger charge is -2.22. The highest BCUT2D eigenvalue weighted by Gasteiger charge is 2.33. The molecule has 0 spiro atoms. The summed E-state index contributed by atoms with van der Waals surface area (Å²) < 4.78 is 10.2. The van der Waals surface area contributed by atoms with Crippen molar-refractivity contribution in [3.8, 4) is 0 Å². The predicted octanol–water partition coefficient (Wildman–Crippen LogP) is 2.28. The molecular weight excluding hydrogens is 284 g/mol. The average molecular weight is 304 g/mol. The summed E-state index contributed by atoms with van der Waals surface area (Å²) in [5.41, 5.74) is 1.89. The first-order chi connectivity index (χ1) is 10.6. The van der Waals surface area contributed by atoms with Crippen LogP contribution in [0.2, 0.25) is 0 Å². The second-order valence-corrected chi connectivity index (χ2v) is 5.72. The minimum absolute atomic E-state index is 0.0605. The van der Waals surface area contributed by atoms with Gasteiger partial charge in [-0.3, -0.25) is 4.79 Å². The first kappa shape index (κ1) is 14.7. The third kappa shape index (κ3) is 2.75. The van der Waals surface area contributed by atoms with Crippen LogP contribution in [0.25, 0.3) is 0 Å². The standard InChI is InChI=1S/C15H20N4O3/c1-9-12(10(2)21-17-9)6-7-14(20)19-8-4-5-13(19)15-16-11(3)22-18-15/h13H,4-8H2,1-3H3/t13-/m0/s1. The molecular formula is C15H20N4O3. The monoisotopic (exact) mass is 304 g/mol. The van der Waals surface area contributed by atoms with Crippen molar-refractivity contribution in [1.29, 1.82) is 0 Å². The molecule has 0 aromatic carbocycles. The van der Waals surface area contributed by atoms with E-state index in [0.29, 0.717) is 24.6 Å². The zero-order valence-corrected chi connectivity index (χ0v) is 13.1. The fourth-order valence-electron chi connectivity index (χ4n) is 3.02. The summed E-state index contributed by atoms with van der Waals surface area (Å²) in [5.74, 6) is 2.05. The lowest BCUT2D eigenvalue weighted by molar-refractivity contribution is -0.132. The van der Waals surface area contributed by atoms with E-state index in [-0.39, 0.29) is 11.9 Å². The molecule has 1 saturated heterocycles. The Labute approximate surface area is 128 Å². The Morgan fingerprint density at radius 1 is 1.27 bits per heavy atom. The smallest absolute Gasteiger partial charge is 0.223 e. The summed E-state index contributed by atoms with van der Waals surface area (Å²) >= 11 is 0. The minimum Gasteiger partial charge on any atom is -0.361 e. The van der Waals surface area contributed by atoms with Crippen LogP contribution >= 0.6 is 0 Å². The van der Waals surface area contributed by atoms with Gasteiger partial charge in [-0.05, 0) is 33.1 Å². The molecule has 7 heteroatoms. The highest BCUT2D eigenvalue weighted by molar-refractivity contribution is 5.77. The number of nitrogens with zero attached hydrogens (tertiary/aromatic N) is 4. The molecule has 7 nitrogen and oxygen atoms in total. The van der Waals surface area contributed by atoms with Crippen molar-refractivity contribution in [3.63, 3.8) is 0 Å². The van der Waals surface area contributed by atoms with Crippen LogP contribution in [-0.2, 0) is 11.2 Å². The molecule has 1 amide bonds. The topological polar surface area (TPSA) is 85.3 Å². The van der Waals surface area contributed by atoms with E-state index >= 15 is 0 Å². The molecule has 0 aliphatic carbocycles. The van der Waals surface area contributed by atoms with Crippen molar-refractivity contribution in [1.82, 2.24) is 20.2 Å². The summed E-state index contributed by atoms with van der Waals surface area (Å²) in [5, 5.41) is 7.89. The molecule has 0 bridgehead atoms. The van der Waals surface area contributed by atoms with Crippen LogP contribution < -0.4 is 0 Å². The Balaban J connectivity index is 1.66. The van der Waals surface area contributed by atoms with Crippen LogP contribution in [0.15, 0.2) is 9.05 Å². The van der Waals surface area contributed by atoms with Gasteiger partial charge in [0.15, 0.2) is 5.82 Å². The zero-order chi connectivity index (χ0) is 15.7. The van der Waals surface area contributed by atoms with Crippen LogP contribution in [0.1, 0.15) is 54.0 Å². The van der Waals surface area contributed by atoms with E-state index < -0.39 is 0 Å². The molecule has 1 aliphatic rings. The molecule has 2 aromatic rings. The highest BCUT2D eigenvalue weighted by atomic mass is 16.5. The molecule has 0 N–H and O–H groups in total. The maximum absolute atomic E-state index is 12.5. The number of aryl methyl sites for hydroxylation is 3. The maximum Gasteiger partial charge on any atom is 0.223 e. The minimum atomic E-state index is -0.0605. The fourth-order valence-corrected chi connectivity index (χ4v) is 3.02. The van der Waals surface area contributed by atoms with Crippen LogP contribution in [0.4, 0.5) is 0 Å². The number of aromatic nitrogens is 3. The lowest BCUT2D eigenvalue weighted by Crippen LogP contribution is -2.31. The van der Waals surface area contributed by atoms with Gasteiger partial charge in [0.2, 0.25) is 11.8 Å². The van der Waals surface area contributed by atoms with Crippen molar-refractivity contribution in [2.24, 2.45) is 0 Å². The van der Waals surface area contributed by atoms with E-state index in [1.54, 1.807) is 6.92 Å². The molecule has 0 unspecified atom stereocenters. The van der Waals surface area contributed by atoms with Crippen molar-refractivity contribution < 1.29 is 13.8 Å². The number of carbonyl (C=O) groups excluding carboxylic acids is 1. The van der Waals surface area contributed by atoms with Crippen molar-refractivity contribution in [2.45, 2.75) is 52.5 Å². The van der Waals surface area contributed by atoms with E-state index in [1.165, 1.54) is 0 Å². The molecule has 0 radical (unpaired) electrons. The van der Waals surface area contributed by atoms with E-state index in [2.05, 4.69) is 15.3 Å². The molecule has 1 atom stereocenters. The molecule has 3 heterocycles. The number of amides is 1. The highest BCUT2D eigenvalue weighted by Crippen LogP contribution is 2.31. The first-order valence-electron chi connectivity index (χ1n) is 7.57. The van der Waals surface area contributed by atoms with Crippen LogP contribution in [0, 0.1) is 20.8 Å². The summed E-state index contributed by atoms with van der Waals surface area (Å²) in [6, 6.07) is -0.0605. The summed E-state index contributed by atoms with van der Waals surface area (Å²) in [6.45, 7) is 6.28. The summed E-state index contributed by atoms with van der Waals surface area (Å²) in [6.07, 6.45) is 2.94. The number of carbonyl (C=O) groups is 1. The molecule has 1 fully saturated rings. The van der Waals surface area contributed by atoms with Gasteiger partial charge in [0, 0.05) is 25.5 Å². The number of hydrogen-bond donors (Lipinski definition) is 0. The predicted molar refractivity (Wildman–Crippen MR) is 77.0 cm³/mol. The van der Waals surface area contributed by atoms with Crippen LogP contribution in [0.3, 0.4) is 0 Å². The van der Waals surface area contributed by atoms with Gasteiger partial charge in [0.1, 0.15) is 5.76 Å². The maximum atomic E-state index is 12.5. The third-order valence-electron chi connectivity index (χ3n) is 4.18. The Kier molecular flexibility index (Phi) is 3.96.